The molecule has 1 aromatic rings. The average molecular weight is 355 g/mol. The zero-order chi connectivity index (χ0) is 13.7. The van der Waals surface area contributed by atoms with Gasteiger partial charge in [0.15, 0.2) is 0 Å². The van der Waals surface area contributed by atoms with Crippen molar-refractivity contribution in [2.24, 2.45) is 11.7 Å². The molecule has 0 radical (unpaired) electrons. The van der Waals surface area contributed by atoms with Gasteiger partial charge < -0.3 is 10.5 Å². The molecule has 2 N–H and O–H groups in total. The summed E-state index contributed by atoms with van der Waals surface area (Å²) < 4.78 is 6.50. The molecule has 1 aromatic heterocycles. The molecule has 102 valence electrons. The van der Waals surface area contributed by atoms with Crippen LogP contribution in [0.15, 0.2) is 10.5 Å². The minimum Gasteiger partial charge on any atom is -0.466 e. The number of ether oxygens (including phenoxy) is 1. The largest absolute Gasteiger partial charge is 0.466 e. The van der Waals surface area contributed by atoms with Crippen molar-refractivity contribution in [2.45, 2.75) is 32.7 Å². The van der Waals surface area contributed by atoms with Crippen LogP contribution in [0.1, 0.15) is 37.6 Å². The van der Waals surface area contributed by atoms with Gasteiger partial charge >= 0.3 is 5.97 Å². The zero-order valence-corrected chi connectivity index (χ0v) is 13.6. The van der Waals surface area contributed by atoms with Crippen molar-refractivity contribution in [2.75, 3.05) is 6.61 Å². The second kappa shape index (κ2) is 7.48. The predicted molar refractivity (Wildman–Crippen MR) is 79.0 cm³/mol. The van der Waals surface area contributed by atoms with Crippen molar-refractivity contribution >= 4 is 44.8 Å². The second-order valence-electron chi connectivity index (χ2n) is 4.23. The van der Waals surface area contributed by atoms with Gasteiger partial charge in [-0.05, 0) is 41.3 Å². The van der Waals surface area contributed by atoms with E-state index in [4.69, 9.17) is 22.1 Å². The lowest BCUT2D eigenvalue weighted by Gasteiger charge is -2.15. The van der Waals surface area contributed by atoms with Gasteiger partial charge in [0.25, 0.3) is 0 Å². The smallest absolute Gasteiger partial charge is 0.306 e. The van der Waals surface area contributed by atoms with Gasteiger partial charge in [-0.15, -0.1) is 11.3 Å². The van der Waals surface area contributed by atoms with Crippen molar-refractivity contribution in [3.8, 4) is 0 Å². The molecule has 0 amide bonds. The van der Waals surface area contributed by atoms with Gasteiger partial charge in [-0.2, -0.15) is 0 Å². The molecule has 0 aromatic carbocycles. The van der Waals surface area contributed by atoms with E-state index in [1.165, 1.54) is 11.3 Å². The molecule has 2 atom stereocenters. The number of thiophene rings is 1. The normalized spacial score (nSPS) is 14.3. The van der Waals surface area contributed by atoms with Crippen LogP contribution in [0.3, 0.4) is 0 Å². The van der Waals surface area contributed by atoms with E-state index in [0.29, 0.717) is 17.4 Å². The van der Waals surface area contributed by atoms with Crippen molar-refractivity contribution in [3.05, 3.63) is 19.8 Å². The highest BCUT2D eigenvalue weighted by atomic mass is 79.9. The second-order valence-corrected chi connectivity index (χ2v) is 6.77. The first-order valence-electron chi connectivity index (χ1n) is 5.80. The Morgan fingerprint density at radius 2 is 2.33 bits per heavy atom. The van der Waals surface area contributed by atoms with Crippen LogP contribution < -0.4 is 5.73 Å². The van der Waals surface area contributed by atoms with E-state index in [0.717, 1.165) is 15.8 Å². The van der Waals surface area contributed by atoms with E-state index in [2.05, 4.69) is 15.9 Å². The van der Waals surface area contributed by atoms with Crippen LogP contribution in [0.4, 0.5) is 0 Å². The van der Waals surface area contributed by atoms with Gasteiger partial charge in [0.2, 0.25) is 0 Å². The third kappa shape index (κ3) is 4.88. The lowest BCUT2D eigenvalue weighted by Crippen LogP contribution is -2.16. The maximum Gasteiger partial charge on any atom is 0.306 e. The minimum atomic E-state index is -0.164. The minimum absolute atomic E-state index is 0.0942. The van der Waals surface area contributed by atoms with Crippen molar-refractivity contribution in [1.29, 1.82) is 0 Å². The number of hydrogen-bond acceptors (Lipinski definition) is 4. The summed E-state index contributed by atoms with van der Waals surface area (Å²) in [6.07, 6.45) is 1.14. The van der Waals surface area contributed by atoms with E-state index in [1.54, 1.807) is 6.92 Å². The van der Waals surface area contributed by atoms with Gasteiger partial charge in [-0.3, -0.25) is 4.79 Å². The summed E-state index contributed by atoms with van der Waals surface area (Å²) in [5, 5.41) is 0. The molecule has 0 saturated heterocycles. The molecular weight excluding hydrogens is 338 g/mol. The first-order valence-corrected chi connectivity index (χ1v) is 7.78. The van der Waals surface area contributed by atoms with E-state index < -0.39 is 0 Å². The molecule has 2 unspecified atom stereocenters. The molecule has 0 spiro atoms. The van der Waals surface area contributed by atoms with Crippen LogP contribution in [0.25, 0.3) is 0 Å². The topological polar surface area (TPSA) is 52.3 Å². The number of esters is 1. The third-order valence-electron chi connectivity index (χ3n) is 2.51. The lowest BCUT2D eigenvalue weighted by molar-refractivity contribution is -0.144. The van der Waals surface area contributed by atoms with Crippen molar-refractivity contribution < 1.29 is 9.53 Å². The molecule has 6 heteroatoms. The monoisotopic (exact) mass is 353 g/mol. The van der Waals surface area contributed by atoms with Crippen LogP contribution in [0.5, 0.6) is 0 Å². The summed E-state index contributed by atoms with van der Waals surface area (Å²) in [6.45, 7) is 4.23. The molecule has 0 aliphatic heterocycles. The maximum atomic E-state index is 11.3. The van der Waals surface area contributed by atoms with E-state index in [1.807, 2.05) is 13.0 Å². The summed E-state index contributed by atoms with van der Waals surface area (Å²) >= 11 is 10.8. The van der Waals surface area contributed by atoms with E-state index in [9.17, 15) is 4.79 Å². The summed E-state index contributed by atoms with van der Waals surface area (Å²) in [6, 6.07) is 1.85. The van der Waals surface area contributed by atoms with Crippen LogP contribution >= 0.6 is 38.9 Å². The third-order valence-corrected chi connectivity index (χ3v) is 5.11. The number of hydrogen-bond donors (Lipinski definition) is 1. The van der Waals surface area contributed by atoms with Crippen LogP contribution in [-0.4, -0.2) is 12.6 Å². The summed E-state index contributed by atoms with van der Waals surface area (Å²) in [7, 11) is 0. The van der Waals surface area contributed by atoms with Crippen molar-refractivity contribution in [3.63, 3.8) is 0 Å². The molecule has 0 aliphatic carbocycles. The highest BCUT2D eigenvalue weighted by molar-refractivity contribution is 9.10. The lowest BCUT2D eigenvalue weighted by atomic mass is 9.98. The fraction of sp³-hybridized carbons (Fsp3) is 0.583. The average Bonchev–Trinajstić information content (AvgIpc) is 2.59. The molecule has 1 rings (SSSR count). The Kier molecular flexibility index (Phi) is 6.63. The highest BCUT2D eigenvalue weighted by Gasteiger charge is 2.17. The quantitative estimate of drug-likeness (QED) is 0.781. The molecule has 0 saturated carbocycles. The van der Waals surface area contributed by atoms with Gasteiger partial charge in [0.05, 0.1) is 6.61 Å². The molecule has 0 bridgehead atoms. The Morgan fingerprint density at radius 1 is 1.67 bits per heavy atom. The van der Waals surface area contributed by atoms with Gasteiger partial charge in [-0.1, -0.05) is 18.5 Å². The van der Waals surface area contributed by atoms with E-state index >= 15 is 0 Å². The molecule has 0 fully saturated rings. The molecule has 1 heterocycles. The van der Waals surface area contributed by atoms with Crippen LogP contribution in [0, 0.1) is 5.92 Å². The summed E-state index contributed by atoms with van der Waals surface area (Å²) in [5.74, 6) is 0.0290. The van der Waals surface area contributed by atoms with Gasteiger partial charge in [0.1, 0.15) is 4.34 Å². The Morgan fingerprint density at radius 3 is 2.83 bits per heavy atom. The number of halogens is 2. The van der Waals surface area contributed by atoms with Crippen molar-refractivity contribution in [1.82, 2.24) is 0 Å². The number of rotatable bonds is 6. The van der Waals surface area contributed by atoms with Gasteiger partial charge in [-0.25, -0.2) is 0 Å². The highest BCUT2D eigenvalue weighted by Crippen LogP contribution is 2.36. The SMILES string of the molecule is CCOC(=O)CC(C)CC(N)c1cc(Br)c(Cl)s1. The standard InChI is InChI=1S/C12H17BrClNO2S/c1-3-17-11(16)5-7(2)4-9(15)10-6-8(13)12(14)18-10/h6-7,9H,3-5,15H2,1-2H3. The van der Waals surface area contributed by atoms with Crippen LogP contribution in [0.2, 0.25) is 4.34 Å². The van der Waals surface area contributed by atoms with Crippen LogP contribution in [-0.2, 0) is 9.53 Å². The fourth-order valence-electron chi connectivity index (χ4n) is 1.68. The first-order chi connectivity index (χ1) is 8.43. The Hall–Kier alpha value is -0.100. The summed E-state index contributed by atoms with van der Waals surface area (Å²) in [5.41, 5.74) is 6.11. The summed E-state index contributed by atoms with van der Waals surface area (Å²) in [4.78, 5) is 12.4. The molecule has 3 nitrogen and oxygen atoms in total. The number of carbonyl (C=O) groups is 1. The number of carbonyl (C=O) groups excluding carboxylic acids is 1. The molecule has 0 aliphatic rings. The van der Waals surface area contributed by atoms with Gasteiger partial charge in [0, 0.05) is 21.8 Å². The molecular formula is C12H17BrClNO2S. The Labute approximate surface area is 125 Å². The first kappa shape index (κ1) is 16.0. The Bertz CT molecular complexity index is 391. The maximum absolute atomic E-state index is 11.3. The zero-order valence-electron chi connectivity index (χ0n) is 10.4. The fourth-order valence-corrected chi connectivity index (χ4v) is 3.43. The predicted octanol–water partition coefficient (Wildman–Crippen LogP) is 4.14. The Balaban J connectivity index is 2.48. The van der Waals surface area contributed by atoms with E-state index in [-0.39, 0.29) is 17.9 Å². The molecule has 18 heavy (non-hydrogen) atoms. The number of nitrogens with two attached hydrogens (primary N) is 1.